The quantitative estimate of drug-likeness (QED) is 0.565. The van der Waals surface area contributed by atoms with E-state index >= 15 is 0 Å². The van der Waals surface area contributed by atoms with Crippen LogP contribution in [0.15, 0.2) is 42.9 Å². The summed E-state index contributed by atoms with van der Waals surface area (Å²) >= 11 is 0. The molecule has 2 aromatic heterocycles. The predicted octanol–water partition coefficient (Wildman–Crippen LogP) is 1.22. The third kappa shape index (κ3) is 3.42. The minimum Gasteiger partial charge on any atom is -0.488 e. The Bertz CT molecular complexity index is 1080. The van der Waals surface area contributed by atoms with Crippen LogP contribution in [-0.4, -0.2) is 52.0 Å². The number of hydrogen-bond donors (Lipinski definition) is 3. The zero-order valence-electron chi connectivity index (χ0n) is 16.2. The van der Waals surface area contributed by atoms with Crippen molar-refractivity contribution in [2.45, 2.75) is 25.0 Å². The molecule has 30 heavy (non-hydrogen) atoms. The number of para-hydroxylation sites is 1. The Morgan fingerprint density at radius 1 is 1.17 bits per heavy atom. The first-order valence-corrected chi connectivity index (χ1v) is 9.97. The molecule has 0 unspecified atom stereocenters. The van der Waals surface area contributed by atoms with Crippen molar-refractivity contribution in [3.05, 3.63) is 48.4 Å². The maximum atomic E-state index is 12.5. The van der Waals surface area contributed by atoms with Crippen LogP contribution in [-0.2, 0) is 4.79 Å². The Morgan fingerprint density at radius 3 is 2.73 bits per heavy atom. The number of rotatable bonds is 6. The number of carbonyl (C=O) groups is 2. The van der Waals surface area contributed by atoms with Crippen molar-refractivity contribution in [2.24, 2.45) is 11.7 Å². The molecule has 2 aliphatic rings. The van der Waals surface area contributed by atoms with Gasteiger partial charge in [0.2, 0.25) is 11.8 Å². The summed E-state index contributed by atoms with van der Waals surface area (Å²) in [7, 11) is 0. The molecule has 2 fully saturated rings. The van der Waals surface area contributed by atoms with Crippen molar-refractivity contribution in [3.8, 4) is 5.75 Å². The van der Waals surface area contributed by atoms with Gasteiger partial charge >= 0.3 is 0 Å². The van der Waals surface area contributed by atoms with Crippen LogP contribution in [0.2, 0.25) is 0 Å². The summed E-state index contributed by atoms with van der Waals surface area (Å²) in [6.45, 7) is 1.39. The number of imidazole rings is 1. The molecular formula is C21H22N6O3. The topological polar surface area (TPSA) is 126 Å². The van der Waals surface area contributed by atoms with Crippen LogP contribution >= 0.6 is 0 Å². The highest BCUT2D eigenvalue weighted by Crippen LogP contribution is 2.34. The third-order valence-corrected chi connectivity index (χ3v) is 5.76. The van der Waals surface area contributed by atoms with E-state index in [0.717, 1.165) is 22.6 Å². The van der Waals surface area contributed by atoms with Gasteiger partial charge in [0, 0.05) is 25.2 Å². The Morgan fingerprint density at radius 2 is 2.00 bits per heavy atom. The van der Waals surface area contributed by atoms with Crippen molar-refractivity contribution in [2.75, 3.05) is 18.0 Å². The van der Waals surface area contributed by atoms with Gasteiger partial charge in [0.1, 0.15) is 23.2 Å². The number of primary amides is 1. The van der Waals surface area contributed by atoms with E-state index in [1.54, 1.807) is 18.5 Å². The largest absolute Gasteiger partial charge is 0.488 e. The molecule has 0 bridgehead atoms. The van der Waals surface area contributed by atoms with Gasteiger partial charge in [-0.15, -0.1) is 0 Å². The number of nitrogens with one attached hydrogen (secondary N) is 2. The molecule has 1 saturated heterocycles. The highest BCUT2D eigenvalue weighted by molar-refractivity contribution is 5.92. The molecular weight excluding hydrogens is 384 g/mol. The van der Waals surface area contributed by atoms with Crippen LogP contribution in [0.3, 0.4) is 0 Å². The summed E-state index contributed by atoms with van der Waals surface area (Å²) in [4.78, 5) is 37.3. The van der Waals surface area contributed by atoms with Crippen molar-refractivity contribution in [3.63, 3.8) is 0 Å². The molecule has 9 nitrogen and oxygen atoms in total. The van der Waals surface area contributed by atoms with E-state index in [9.17, 15) is 9.59 Å². The fourth-order valence-corrected chi connectivity index (χ4v) is 3.88. The molecule has 1 saturated carbocycles. The van der Waals surface area contributed by atoms with Crippen molar-refractivity contribution < 1.29 is 14.3 Å². The van der Waals surface area contributed by atoms with Gasteiger partial charge < -0.3 is 25.7 Å². The van der Waals surface area contributed by atoms with E-state index in [0.29, 0.717) is 31.5 Å². The fourth-order valence-electron chi connectivity index (χ4n) is 3.88. The van der Waals surface area contributed by atoms with Crippen LogP contribution in [0.25, 0.3) is 11.0 Å². The number of nitrogens with zero attached hydrogens (tertiary/aromatic N) is 3. The van der Waals surface area contributed by atoms with Crippen molar-refractivity contribution >= 4 is 28.7 Å². The van der Waals surface area contributed by atoms with Gasteiger partial charge in [-0.05, 0) is 37.1 Å². The second-order valence-electron chi connectivity index (χ2n) is 7.84. The number of benzene rings is 1. The maximum absolute atomic E-state index is 12.5. The zero-order valence-corrected chi connectivity index (χ0v) is 16.2. The first kappa shape index (κ1) is 18.4. The first-order valence-electron chi connectivity index (χ1n) is 9.97. The fraction of sp³-hybridized carbons (Fsp3) is 0.333. The molecule has 0 spiro atoms. The average molecular weight is 406 g/mol. The smallest absolute Gasteiger partial charge is 0.250 e. The zero-order chi connectivity index (χ0) is 20.7. The van der Waals surface area contributed by atoms with Crippen LogP contribution < -0.4 is 20.7 Å². The van der Waals surface area contributed by atoms with Gasteiger partial charge in [-0.2, -0.15) is 0 Å². The number of ether oxygens (including phenoxy) is 1. The summed E-state index contributed by atoms with van der Waals surface area (Å²) in [6, 6.07) is 9.32. The number of fused-ring (bicyclic) bond motifs is 1. The van der Waals surface area contributed by atoms with Crippen LogP contribution in [0.4, 0.5) is 5.82 Å². The van der Waals surface area contributed by atoms with E-state index in [1.807, 2.05) is 23.1 Å². The van der Waals surface area contributed by atoms with Gasteiger partial charge in [-0.3, -0.25) is 9.59 Å². The summed E-state index contributed by atoms with van der Waals surface area (Å²) < 4.78 is 6.04. The number of anilines is 1. The van der Waals surface area contributed by atoms with E-state index < -0.39 is 5.91 Å². The second-order valence-corrected chi connectivity index (χ2v) is 7.84. The lowest BCUT2D eigenvalue weighted by atomic mass is 9.81. The van der Waals surface area contributed by atoms with Gasteiger partial charge in [-0.1, -0.05) is 6.07 Å². The lowest BCUT2D eigenvalue weighted by Gasteiger charge is -2.42. The Labute approximate surface area is 172 Å². The SMILES string of the molecule is NC(=O)c1ccc(N2CC(NC(=O)C3CC(Oc4cccc5[nH]cnc45)C3)C2)nc1. The molecule has 5 rings (SSSR count). The molecule has 2 amide bonds. The number of amides is 2. The summed E-state index contributed by atoms with van der Waals surface area (Å²) in [5.41, 5.74) is 7.37. The molecule has 4 N–H and O–H groups in total. The summed E-state index contributed by atoms with van der Waals surface area (Å²) in [5.74, 6) is 1.09. The number of aromatic nitrogens is 3. The number of carbonyl (C=O) groups excluding carboxylic acids is 2. The molecule has 0 atom stereocenters. The van der Waals surface area contributed by atoms with E-state index in [-0.39, 0.29) is 24.0 Å². The lowest BCUT2D eigenvalue weighted by Crippen LogP contribution is -2.61. The van der Waals surface area contributed by atoms with Gasteiger partial charge in [0.25, 0.3) is 0 Å². The third-order valence-electron chi connectivity index (χ3n) is 5.76. The molecule has 3 aromatic rings. The number of pyridine rings is 1. The Balaban J connectivity index is 1.07. The Kier molecular flexibility index (Phi) is 4.50. The highest BCUT2D eigenvalue weighted by atomic mass is 16.5. The Hall–Kier alpha value is -3.62. The van der Waals surface area contributed by atoms with Gasteiger partial charge in [-0.25, -0.2) is 9.97 Å². The van der Waals surface area contributed by atoms with Crippen molar-refractivity contribution in [1.82, 2.24) is 20.3 Å². The minimum atomic E-state index is -0.494. The number of nitrogens with two attached hydrogens (primary N) is 1. The normalized spacial score (nSPS) is 21.0. The van der Waals surface area contributed by atoms with Crippen LogP contribution in [0, 0.1) is 5.92 Å². The average Bonchev–Trinajstić information content (AvgIpc) is 3.16. The van der Waals surface area contributed by atoms with Crippen LogP contribution in [0.1, 0.15) is 23.2 Å². The minimum absolute atomic E-state index is 0.0181. The summed E-state index contributed by atoms with van der Waals surface area (Å²) in [6.07, 6.45) is 4.58. The van der Waals surface area contributed by atoms with Gasteiger partial charge in [0.15, 0.2) is 0 Å². The standard InChI is InChI=1S/C21H22N6O3/c22-20(28)12-4-5-18(23-8-12)27-9-14(10-27)26-21(29)13-6-15(7-13)30-17-3-1-2-16-19(17)25-11-24-16/h1-5,8,11,13-15H,6-7,9-10H2,(H2,22,28)(H,24,25)(H,26,29). The second kappa shape index (κ2) is 7.33. The van der Waals surface area contributed by atoms with E-state index in [1.165, 1.54) is 6.20 Å². The van der Waals surface area contributed by atoms with Gasteiger partial charge in [0.05, 0.1) is 23.4 Å². The molecule has 1 aromatic carbocycles. The molecule has 0 radical (unpaired) electrons. The molecule has 1 aliphatic carbocycles. The van der Waals surface area contributed by atoms with E-state index in [4.69, 9.17) is 10.5 Å². The van der Waals surface area contributed by atoms with Crippen molar-refractivity contribution in [1.29, 1.82) is 0 Å². The monoisotopic (exact) mass is 406 g/mol. The molecule has 3 heterocycles. The maximum Gasteiger partial charge on any atom is 0.250 e. The first-order chi connectivity index (χ1) is 14.6. The lowest BCUT2D eigenvalue weighted by molar-refractivity contribution is -0.131. The molecule has 9 heteroatoms. The number of hydrogen-bond acceptors (Lipinski definition) is 6. The molecule has 154 valence electrons. The number of aromatic amines is 1. The molecule has 1 aliphatic heterocycles. The number of H-pyrrole nitrogens is 1. The van der Waals surface area contributed by atoms with E-state index in [2.05, 4.69) is 20.3 Å². The highest BCUT2D eigenvalue weighted by Gasteiger charge is 2.38. The predicted molar refractivity (Wildman–Crippen MR) is 110 cm³/mol. The summed E-state index contributed by atoms with van der Waals surface area (Å²) in [5, 5.41) is 3.10. The van der Waals surface area contributed by atoms with Crippen LogP contribution in [0.5, 0.6) is 5.75 Å².